The number of nitrogens with zero attached hydrogens (tertiary/aromatic N) is 2. The van der Waals surface area contributed by atoms with Crippen LogP contribution in [0.25, 0.3) is 16.5 Å². The van der Waals surface area contributed by atoms with Gasteiger partial charge >= 0.3 is 12.0 Å². The Morgan fingerprint density at radius 3 is 2.44 bits per heavy atom. The monoisotopic (exact) mass is 492 g/mol. The Hall–Kier alpha value is -4.27. The van der Waals surface area contributed by atoms with E-state index in [0.29, 0.717) is 28.8 Å². The van der Waals surface area contributed by atoms with Gasteiger partial charge in [0.1, 0.15) is 17.5 Å². The fraction of sp³-hybridized carbons (Fsp3) is 0.222. The van der Waals surface area contributed by atoms with Crippen molar-refractivity contribution >= 4 is 34.3 Å². The first-order chi connectivity index (χ1) is 17.1. The predicted molar refractivity (Wildman–Crippen MR) is 135 cm³/mol. The molecule has 0 bridgehead atoms. The van der Waals surface area contributed by atoms with Crippen LogP contribution in [0.4, 0.5) is 25.1 Å². The number of urea groups is 1. The van der Waals surface area contributed by atoms with Gasteiger partial charge in [0.15, 0.2) is 0 Å². The topological polar surface area (TPSA) is 85.2 Å². The van der Waals surface area contributed by atoms with Crippen molar-refractivity contribution in [3.8, 4) is 5.69 Å². The lowest BCUT2D eigenvalue weighted by molar-refractivity contribution is 0.0528. The highest BCUT2D eigenvalue weighted by Gasteiger charge is 2.23. The van der Waals surface area contributed by atoms with Crippen molar-refractivity contribution < 1.29 is 23.1 Å². The molecule has 1 heterocycles. The van der Waals surface area contributed by atoms with E-state index in [9.17, 15) is 18.4 Å². The number of amides is 2. The van der Waals surface area contributed by atoms with E-state index in [1.54, 1.807) is 19.1 Å². The third-order valence-corrected chi connectivity index (χ3v) is 5.49. The molecule has 0 atom stereocenters. The van der Waals surface area contributed by atoms with Crippen LogP contribution in [-0.2, 0) is 10.2 Å². The van der Waals surface area contributed by atoms with Gasteiger partial charge < -0.3 is 10.1 Å². The zero-order chi connectivity index (χ0) is 26.0. The minimum Gasteiger partial charge on any atom is -0.462 e. The Balaban J connectivity index is 1.78. The van der Waals surface area contributed by atoms with Crippen molar-refractivity contribution in [3.05, 3.63) is 83.6 Å². The Bertz CT molecular complexity index is 1460. The second-order valence-corrected chi connectivity index (χ2v) is 9.21. The minimum absolute atomic E-state index is 0.175. The largest absolute Gasteiger partial charge is 0.462 e. The molecule has 0 fully saturated rings. The second-order valence-electron chi connectivity index (χ2n) is 9.21. The van der Waals surface area contributed by atoms with E-state index < -0.39 is 23.6 Å². The number of hydrogen-bond donors (Lipinski definition) is 2. The molecule has 4 rings (SSSR count). The van der Waals surface area contributed by atoms with E-state index in [1.807, 2.05) is 51.1 Å². The number of carbonyl (C=O) groups excluding carboxylic acids is 2. The minimum atomic E-state index is -0.900. The Labute approximate surface area is 207 Å². The average molecular weight is 493 g/mol. The number of rotatable bonds is 5. The molecule has 9 heteroatoms. The molecule has 36 heavy (non-hydrogen) atoms. The summed E-state index contributed by atoms with van der Waals surface area (Å²) in [6, 6.07) is 14.7. The lowest BCUT2D eigenvalue weighted by Gasteiger charge is -2.15. The van der Waals surface area contributed by atoms with Gasteiger partial charge in [-0.15, -0.1) is 0 Å². The summed E-state index contributed by atoms with van der Waals surface area (Å²) in [6.45, 7) is 7.88. The molecule has 0 aliphatic rings. The van der Waals surface area contributed by atoms with Crippen LogP contribution in [0.2, 0.25) is 0 Å². The number of aromatic nitrogens is 2. The van der Waals surface area contributed by atoms with Crippen molar-refractivity contribution in [3.63, 3.8) is 0 Å². The Morgan fingerprint density at radius 2 is 1.75 bits per heavy atom. The summed E-state index contributed by atoms with van der Waals surface area (Å²) in [6.07, 6.45) is 0. The summed E-state index contributed by atoms with van der Waals surface area (Å²) >= 11 is 0. The van der Waals surface area contributed by atoms with Crippen molar-refractivity contribution in [1.29, 1.82) is 0 Å². The van der Waals surface area contributed by atoms with Gasteiger partial charge in [0.2, 0.25) is 0 Å². The number of anilines is 2. The molecule has 0 saturated carbocycles. The highest BCUT2D eigenvalue weighted by Crippen LogP contribution is 2.30. The highest BCUT2D eigenvalue weighted by atomic mass is 19.1. The van der Waals surface area contributed by atoms with Crippen molar-refractivity contribution in [1.82, 2.24) is 9.78 Å². The summed E-state index contributed by atoms with van der Waals surface area (Å²) < 4.78 is 34.0. The number of nitrogens with one attached hydrogen (secondary N) is 2. The molecule has 0 spiro atoms. The Morgan fingerprint density at radius 1 is 1.00 bits per heavy atom. The third-order valence-electron chi connectivity index (χ3n) is 5.49. The maximum Gasteiger partial charge on any atom is 0.338 e. The van der Waals surface area contributed by atoms with Gasteiger partial charge in [-0.05, 0) is 42.0 Å². The molecule has 2 amide bonds. The molecule has 0 unspecified atom stereocenters. The fourth-order valence-electron chi connectivity index (χ4n) is 3.69. The van der Waals surface area contributed by atoms with Gasteiger partial charge in [-0.1, -0.05) is 45.0 Å². The summed E-state index contributed by atoms with van der Waals surface area (Å²) in [5.41, 5.74) is 1.03. The molecule has 0 aliphatic carbocycles. The predicted octanol–water partition coefficient (Wildman–Crippen LogP) is 6.42. The molecule has 0 aliphatic heterocycles. The summed E-state index contributed by atoms with van der Waals surface area (Å²) in [5, 5.41) is 11.3. The molecule has 1 aromatic heterocycles. The number of fused-ring (bicyclic) bond motifs is 1. The van der Waals surface area contributed by atoms with Crippen LogP contribution in [0.3, 0.4) is 0 Å². The summed E-state index contributed by atoms with van der Waals surface area (Å²) in [5.74, 6) is -1.83. The molecule has 0 radical (unpaired) electrons. The van der Waals surface area contributed by atoms with Gasteiger partial charge in [-0.2, -0.15) is 5.10 Å². The maximum absolute atomic E-state index is 14.0. The smallest absolute Gasteiger partial charge is 0.338 e. The van der Waals surface area contributed by atoms with E-state index in [-0.39, 0.29) is 17.7 Å². The molecule has 0 saturated heterocycles. The van der Waals surface area contributed by atoms with E-state index in [1.165, 1.54) is 4.68 Å². The molecule has 3 aromatic carbocycles. The standard InChI is InChI=1S/C27H26F2N4O3/c1-5-36-25(34)20-14-18(12-16-8-6-7-9-19(16)20)33-24(15-23(32-33)27(2,3)4)31-26(35)30-22-11-10-17(28)13-21(22)29/h6-15H,5H2,1-4H3,(H2,30,31,35). The van der Waals surface area contributed by atoms with E-state index in [0.717, 1.165) is 22.9 Å². The van der Waals surface area contributed by atoms with Crippen molar-refractivity contribution in [2.75, 3.05) is 17.2 Å². The molecule has 7 nitrogen and oxygen atoms in total. The molecular formula is C27H26F2N4O3. The van der Waals surface area contributed by atoms with Crippen LogP contribution in [0.15, 0.2) is 60.7 Å². The van der Waals surface area contributed by atoms with Gasteiger partial charge in [0, 0.05) is 17.5 Å². The Kier molecular flexibility index (Phi) is 6.74. The quantitative estimate of drug-likeness (QED) is 0.315. The maximum atomic E-state index is 14.0. The van der Waals surface area contributed by atoms with Gasteiger partial charge in [0.25, 0.3) is 0 Å². The number of carbonyl (C=O) groups is 2. The molecule has 2 N–H and O–H groups in total. The number of benzene rings is 3. The zero-order valence-electron chi connectivity index (χ0n) is 20.4. The number of hydrogen-bond acceptors (Lipinski definition) is 4. The zero-order valence-corrected chi connectivity index (χ0v) is 20.4. The lowest BCUT2D eigenvalue weighted by Crippen LogP contribution is -2.22. The van der Waals surface area contributed by atoms with Crippen LogP contribution in [-0.4, -0.2) is 28.4 Å². The molecule has 186 valence electrons. The fourth-order valence-corrected chi connectivity index (χ4v) is 3.69. The van der Waals surface area contributed by atoms with E-state index in [2.05, 4.69) is 10.6 Å². The normalized spacial score (nSPS) is 11.4. The van der Waals surface area contributed by atoms with E-state index in [4.69, 9.17) is 9.84 Å². The van der Waals surface area contributed by atoms with Crippen LogP contribution < -0.4 is 10.6 Å². The summed E-state index contributed by atoms with van der Waals surface area (Å²) in [7, 11) is 0. The van der Waals surface area contributed by atoms with Crippen LogP contribution >= 0.6 is 0 Å². The first kappa shape index (κ1) is 24.8. The number of esters is 1. The lowest BCUT2D eigenvalue weighted by atomic mass is 9.92. The van der Waals surface area contributed by atoms with Crippen molar-refractivity contribution in [2.24, 2.45) is 0 Å². The summed E-state index contributed by atoms with van der Waals surface area (Å²) in [4.78, 5) is 25.5. The van der Waals surface area contributed by atoms with Crippen LogP contribution in [0, 0.1) is 11.6 Å². The highest BCUT2D eigenvalue weighted by molar-refractivity contribution is 6.05. The SMILES string of the molecule is CCOC(=O)c1cc(-n2nc(C(C)(C)C)cc2NC(=O)Nc2ccc(F)cc2F)cc2ccccc12. The first-order valence-electron chi connectivity index (χ1n) is 11.4. The number of halogens is 2. The molecule has 4 aromatic rings. The second kappa shape index (κ2) is 9.77. The average Bonchev–Trinajstić information content (AvgIpc) is 3.24. The van der Waals surface area contributed by atoms with Crippen LogP contribution in [0.1, 0.15) is 43.7 Å². The van der Waals surface area contributed by atoms with Crippen molar-refractivity contribution in [2.45, 2.75) is 33.1 Å². The van der Waals surface area contributed by atoms with E-state index >= 15 is 0 Å². The van der Waals surface area contributed by atoms with Gasteiger partial charge in [-0.3, -0.25) is 5.32 Å². The van der Waals surface area contributed by atoms with Crippen LogP contribution in [0.5, 0.6) is 0 Å². The third kappa shape index (κ3) is 5.19. The number of ether oxygens (including phenoxy) is 1. The first-order valence-corrected chi connectivity index (χ1v) is 11.4. The van der Waals surface area contributed by atoms with Gasteiger partial charge in [0.05, 0.1) is 29.2 Å². The molecular weight excluding hydrogens is 466 g/mol. The van der Waals surface area contributed by atoms with Gasteiger partial charge in [-0.25, -0.2) is 23.1 Å².